The first-order chi connectivity index (χ1) is 7.24. The number of rotatable bonds is 6. The molecule has 0 spiro atoms. The lowest BCUT2D eigenvalue weighted by atomic mass is 10.2. The maximum atomic E-state index is 5.69. The monoisotopic (exact) mass is 207 g/mol. The molecule has 0 aromatic carbocycles. The van der Waals surface area contributed by atoms with E-state index in [9.17, 15) is 0 Å². The largest absolute Gasteiger partial charge is 0.397 e. The van der Waals surface area contributed by atoms with E-state index in [4.69, 9.17) is 5.73 Å². The van der Waals surface area contributed by atoms with E-state index in [-0.39, 0.29) is 0 Å². The summed E-state index contributed by atoms with van der Waals surface area (Å²) in [6.45, 7) is 5.15. The summed E-state index contributed by atoms with van der Waals surface area (Å²) in [4.78, 5) is 4.35. The van der Waals surface area contributed by atoms with E-state index in [0.717, 1.165) is 23.7 Å². The van der Waals surface area contributed by atoms with Gasteiger partial charge in [-0.15, -0.1) is 0 Å². The van der Waals surface area contributed by atoms with Gasteiger partial charge in [0.25, 0.3) is 0 Å². The van der Waals surface area contributed by atoms with Gasteiger partial charge < -0.3 is 11.1 Å². The van der Waals surface area contributed by atoms with Gasteiger partial charge in [0, 0.05) is 6.54 Å². The molecule has 84 valence electrons. The van der Waals surface area contributed by atoms with Crippen molar-refractivity contribution in [2.24, 2.45) is 0 Å². The SMILES string of the molecule is CCCCCCNc1ccc(N)c(C)n1. The highest BCUT2D eigenvalue weighted by molar-refractivity contribution is 5.48. The van der Waals surface area contributed by atoms with Gasteiger partial charge in [-0.1, -0.05) is 26.2 Å². The van der Waals surface area contributed by atoms with Crippen LogP contribution in [0.3, 0.4) is 0 Å². The number of nitrogens with zero attached hydrogens (tertiary/aromatic N) is 1. The number of aryl methyl sites for hydroxylation is 1. The van der Waals surface area contributed by atoms with E-state index in [1.807, 2.05) is 19.1 Å². The molecule has 0 aliphatic rings. The summed E-state index contributed by atoms with van der Waals surface area (Å²) in [5.74, 6) is 0.929. The molecule has 3 heteroatoms. The van der Waals surface area contributed by atoms with Crippen molar-refractivity contribution in [1.82, 2.24) is 4.98 Å². The van der Waals surface area contributed by atoms with Crippen molar-refractivity contribution >= 4 is 11.5 Å². The van der Waals surface area contributed by atoms with E-state index in [1.165, 1.54) is 25.7 Å². The van der Waals surface area contributed by atoms with Gasteiger partial charge in [-0.3, -0.25) is 0 Å². The van der Waals surface area contributed by atoms with Crippen LogP contribution in [0.1, 0.15) is 38.3 Å². The fourth-order valence-corrected chi connectivity index (χ4v) is 1.44. The molecule has 0 aliphatic heterocycles. The Labute approximate surface area is 92.1 Å². The number of hydrogen-bond acceptors (Lipinski definition) is 3. The number of anilines is 2. The minimum Gasteiger partial charge on any atom is -0.397 e. The Morgan fingerprint density at radius 3 is 2.73 bits per heavy atom. The Morgan fingerprint density at radius 2 is 2.07 bits per heavy atom. The Bertz CT molecular complexity index is 297. The zero-order chi connectivity index (χ0) is 11.1. The number of aromatic nitrogens is 1. The molecule has 1 heterocycles. The number of pyridine rings is 1. The zero-order valence-corrected chi connectivity index (χ0v) is 9.71. The second-order valence-corrected chi connectivity index (χ2v) is 3.86. The molecule has 1 aromatic rings. The number of hydrogen-bond donors (Lipinski definition) is 2. The molecule has 0 unspecified atom stereocenters. The van der Waals surface area contributed by atoms with Crippen molar-refractivity contribution < 1.29 is 0 Å². The number of unbranched alkanes of at least 4 members (excludes halogenated alkanes) is 3. The average Bonchev–Trinajstić information content (AvgIpc) is 2.23. The topological polar surface area (TPSA) is 50.9 Å². The Kier molecular flexibility index (Phi) is 4.95. The van der Waals surface area contributed by atoms with Crippen LogP contribution in [0.5, 0.6) is 0 Å². The van der Waals surface area contributed by atoms with E-state index in [2.05, 4.69) is 17.2 Å². The van der Waals surface area contributed by atoms with E-state index < -0.39 is 0 Å². The fraction of sp³-hybridized carbons (Fsp3) is 0.583. The van der Waals surface area contributed by atoms with Crippen molar-refractivity contribution in [3.63, 3.8) is 0 Å². The third-order valence-corrected chi connectivity index (χ3v) is 2.46. The molecule has 0 atom stereocenters. The summed E-state index contributed by atoms with van der Waals surface area (Å²) in [5, 5.41) is 3.30. The number of nitrogen functional groups attached to an aromatic ring is 1. The number of nitrogens with one attached hydrogen (secondary N) is 1. The van der Waals surface area contributed by atoms with Crippen molar-refractivity contribution in [2.75, 3.05) is 17.6 Å². The molecular formula is C12H21N3. The molecule has 0 saturated carbocycles. The summed E-state index contributed by atoms with van der Waals surface area (Å²) in [7, 11) is 0. The molecule has 1 rings (SSSR count). The predicted molar refractivity (Wildman–Crippen MR) is 66.0 cm³/mol. The van der Waals surface area contributed by atoms with Crippen LogP contribution in [0, 0.1) is 6.92 Å². The summed E-state index contributed by atoms with van der Waals surface area (Å²) < 4.78 is 0. The molecular weight excluding hydrogens is 186 g/mol. The highest BCUT2D eigenvalue weighted by Crippen LogP contribution is 2.11. The number of nitrogens with two attached hydrogens (primary N) is 1. The van der Waals surface area contributed by atoms with Crippen LogP contribution in [0.2, 0.25) is 0 Å². The summed E-state index contributed by atoms with van der Waals surface area (Å²) >= 11 is 0. The van der Waals surface area contributed by atoms with E-state index in [0.29, 0.717) is 0 Å². The summed E-state index contributed by atoms with van der Waals surface area (Å²) in [5.41, 5.74) is 7.35. The van der Waals surface area contributed by atoms with Crippen LogP contribution in [0.4, 0.5) is 11.5 Å². The van der Waals surface area contributed by atoms with Crippen LogP contribution in [-0.4, -0.2) is 11.5 Å². The molecule has 3 nitrogen and oxygen atoms in total. The van der Waals surface area contributed by atoms with Crippen LogP contribution in [0.15, 0.2) is 12.1 Å². The van der Waals surface area contributed by atoms with Crippen molar-refractivity contribution in [1.29, 1.82) is 0 Å². The molecule has 3 N–H and O–H groups in total. The molecule has 1 aromatic heterocycles. The van der Waals surface area contributed by atoms with Gasteiger partial charge >= 0.3 is 0 Å². The highest BCUT2D eigenvalue weighted by atomic mass is 15.0. The quantitative estimate of drug-likeness (QED) is 0.705. The van der Waals surface area contributed by atoms with Gasteiger partial charge in [-0.2, -0.15) is 0 Å². The van der Waals surface area contributed by atoms with Crippen molar-refractivity contribution in [3.8, 4) is 0 Å². The minimum atomic E-state index is 0.756. The van der Waals surface area contributed by atoms with Crippen LogP contribution >= 0.6 is 0 Å². The van der Waals surface area contributed by atoms with Gasteiger partial charge in [0.1, 0.15) is 5.82 Å². The van der Waals surface area contributed by atoms with Crippen LogP contribution in [0.25, 0.3) is 0 Å². The lowest BCUT2D eigenvalue weighted by Crippen LogP contribution is -2.04. The Hall–Kier alpha value is -1.25. The lowest BCUT2D eigenvalue weighted by Gasteiger charge is -2.07. The smallest absolute Gasteiger partial charge is 0.126 e. The average molecular weight is 207 g/mol. The Balaban J connectivity index is 2.28. The summed E-state index contributed by atoms with van der Waals surface area (Å²) in [6, 6.07) is 3.83. The van der Waals surface area contributed by atoms with Gasteiger partial charge in [0.15, 0.2) is 0 Å². The van der Waals surface area contributed by atoms with Crippen LogP contribution < -0.4 is 11.1 Å². The van der Waals surface area contributed by atoms with Gasteiger partial charge in [-0.05, 0) is 25.5 Å². The molecule has 0 radical (unpaired) electrons. The summed E-state index contributed by atoms with van der Waals surface area (Å²) in [6.07, 6.45) is 5.09. The van der Waals surface area contributed by atoms with E-state index in [1.54, 1.807) is 0 Å². The molecule has 0 amide bonds. The zero-order valence-electron chi connectivity index (χ0n) is 9.71. The molecule has 15 heavy (non-hydrogen) atoms. The van der Waals surface area contributed by atoms with Gasteiger partial charge in [0.2, 0.25) is 0 Å². The first kappa shape index (κ1) is 11.8. The second kappa shape index (κ2) is 6.27. The normalized spacial score (nSPS) is 10.3. The highest BCUT2D eigenvalue weighted by Gasteiger charge is 1.97. The van der Waals surface area contributed by atoms with Gasteiger partial charge in [-0.25, -0.2) is 4.98 Å². The molecule has 0 fully saturated rings. The predicted octanol–water partition coefficient (Wildman–Crippen LogP) is 2.96. The Morgan fingerprint density at radius 1 is 1.27 bits per heavy atom. The molecule has 0 aliphatic carbocycles. The lowest BCUT2D eigenvalue weighted by molar-refractivity contribution is 0.684. The first-order valence-corrected chi connectivity index (χ1v) is 5.71. The van der Waals surface area contributed by atoms with Crippen molar-refractivity contribution in [3.05, 3.63) is 17.8 Å². The third kappa shape index (κ3) is 4.19. The first-order valence-electron chi connectivity index (χ1n) is 5.71. The standard InChI is InChI=1S/C12H21N3/c1-3-4-5-6-9-14-12-8-7-11(13)10(2)15-12/h7-8H,3-6,9,13H2,1-2H3,(H,14,15). The second-order valence-electron chi connectivity index (χ2n) is 3.86. The van der Waals surface area contributed by atoms with Crippen LogP contribution in [-0.2, 0) is 0 Å². The molecule has 0 bridgehead atoms. The molecule has 0 saturated heterocycles. The third-order valence-electron chi connectivity index (χ3n) is 2.46. The maximum absolute atomic E-state index is 5.69. The fourth-order valence-electron chi connectivity index (χ4n) is 1.44. The van der Waals surface area contributed by atoms with Crippen molar-refractivity contribution in [2.45, 2.75) is 39.5 Å². The van der Waals surface area contributed by atoms with Gasteiger partial charge in [0.05, 0.1) is 11.4 Å². The minimum absolute atomic E-state index is 0.756. The maximum Gasteiger partial charge on any atom is 0.126 e. The van der Waals surface area contributed by atoms with E-state index >= 15 is 0 Å².